The molecule has 0 atom stereocenters. The second kappa shape index (κ2) is 9.65. The van der Waals surface area contributed by atoms with Gasteiger partial charge in [0.15, 0.2) is 10.9 Å². The SMILES string of the molecule is CC(C)C(=O)Nc1cccc(NC(=O)c2oc3ccccc3c2CSc2ncccn2)c1. The molecule has 0 aliphatic carbocycles. The molecule has 0 radical (unpaired) electrons. The average Bonchev–Trinajstić information content (AvgIpc) is 3.17. The molecule has 0 fully saturated rings. The molecule has 8 heteroatoms. The summed E-state index contributed by atoms with van der Waals surface area (Å²) in [7, 11) is 0. The fraction of sp³-hybridized carbons (Fsp3) is 0.167. The lowest BCUT2D eigenvalue weighted by atomic mass is 10.1. The zero-order chi connectivity index (χ0) is 22.5. The van der Waals surface area contributed by atoms with E-state index in [1.54, 1.807) is 42.7 Å². The maximum atomic E-state index is 13.1. The summed E-state index contributed by atoms with van der Waals surface area (Å²) in [6, 6.07) is 16.3. The highest BCUT2D eigenvalue weighted by atomic mass is 32.2. The molecule has 4 aromatic rings. The summed E-state index contributed by atoms with van der Waals surface area (Å²) < 4.78 is 5.91. The molecule has 7 nitrogen and oxygen atoms in total. The Kier molecular flexibility index (Phi) is 6.51. The fourth-order valence-corrected chi connectivity index (χ4v) is 3.90. The standard InChI is InChI=1S/C24H22N4O3S/c1-15(2)22(29)27-16-7-5-8-17(13-16)28-23(30)21-19(14-32-24-25-11-6-12-26-24)18-9-3-4-10-20(18)31-21/h3-13,15H,14H2,1-2H3,(H,27,29)(H,28,30). The van der Waals surface area contributed by atoms with Crippen LogP contribution in [0, 0.1) is 5.92 Å². The number of hydrogen-bond donors (Lipinski definition) is 2. The number of nitrogens with one attached hydrogen (secondary N) is 2. The van der Waals surface area contributed by atoms with Gasteiger partial charge in [-0.1, -0.05) is 49.9 Å². The summed E-state index contributed by atoms with van der Waals surface area (Å²) in [6.07, 6.45) is 3.36. The van der Waals surface area contributed by atoms with E-state index in [1.807, 2.05) is 38.1 Å². The Hall–Kier alpha value is -3.65. The molecule has 0 bridgehead atoms. The molecular weight excluding hydrogens is 424 g/mol. The van der Waals surface area contributed by atoms with Gasteiger partial charge in [0.05, 0.1) is 0 Å². The van der Waals surface area contributed by atoms with Gasteiger partial charge in [-0.25, -0.2) is 9.97 Å². The zero-order valence-electron chi connectivity index (χ0n) is 17.7. The summed E-state index contributed by atoms with van der Waals surface area (Å²) in [6.45, 7) is 3.64. The quantitative estimate of drug-likeness (QED) is 0.293. The van der Waals surface area contributed by atoms with Crippen molar-refractivity contribution in [2.75, 3.05) is 10.6 Å². The van der Waals surface area contributed by atoms with Crippen LogP contribution in [-0.2, 0) is 10.5 Å². The maximum absolute atomic E-state index is 13.1. The summed E-state index contributed by atoms with van der Waals surface area (Å²) in [5.41, 5.74) is 2.59. The Balaban J connectivity index is 1.58. The van der Waals surface area contributed by atoms with Gasteiger partial charge in [-0.05, 0) is 30.3 Å². The van der Waals surface area contributed by atoms with E-state index < -0.39 is 0 Å². The lowest BCUT2D eigenvalue weighted by Gasteiger charge is -2.10. The first kappa shape index (κ1) is 21.6. The number of amides is 2. The molecule has 0 saturated carbocycles. The average molecular weight is 447 g/mol. The van der Waals surface area contributed by atoms with Crippen LogP contribution in [0.15, 0.2) is 76.6 Å². The largest absolute Gasteiger partial charge is 0.451 e. The smallest absolute Gasteiger partial charge is 0.291 e. The first-order valence-electron chi connectivity index (χ1n) is 10.1. The van der Waals surface area contributed by atoms with Gasteiger partial charge in [0.1, 0.15) is 5.58 Å². The molecule has 0 spiro atoms. The molecule has 162 valence electrons. The third kappa shape index (κ3) is 4.97. The van der Waals surface area contributed by atoms with Crippen LogP contribution in [-0.4, -0.2) is 21.8 Å². The van der Waals surface area contributed by atoms with Crippen molar-refractivity contribution < 1.29 is 14.0 Å². The number of furan rings is 1. The predicted octanol–water partition coefficient (Wildman–Crippen LogP) is 5.36. The van der Waals surface area contributed by atoms with Crippen molar-refractivity contribution in [1.82, 2.24) is 9.97 Å². The first-order chi connectivity index (χ1) is 15.5. The van der Waals surface area contributed by atoms with Crippen LogP contribution in [0.4, 0.5) is 11.4 Å². The number of benzene rings is 2. The highest BCUT2D eigenvalue weighted by Crippen LogP contribution is 2.31. The molecule has 2 heterocycles. The Bertz CT molecular complexity index is 1250. The Labute approximate surface area is 189 Å². The van der Waals surface area contributed by atoms with Gasteiger partial charge in [0.2, 0.25) is 5.91 Å². The van der Waals surface area contributed by atoms with E-state index in [0.717, 1.165) is 10.9 Å². The summed E-state index contributed by atoms with van der Waals surface area (Å²) in [5.74, 6) is 0.129. The van der Waals surface area contributed by atoms with Crippen molar-refractivity contribution >= 4 is 45.9 Å². The number of para-hydroxylation sites is 1. The van der Waals surface area contributed by atoms with Crippen LogP contribution < -0.4 is 10.6 Å². The van der Waals surface area contributed by atoms with E-state index in [0.29, 0.717) is 27.9 Å². The molecule has 32 heavy (non-hydrogen) atoms. The minimum absolute atomic E-state index is 0.0896. The van der Waals surface area contributed by atoms with Crippen molar-refractivity contribution in [3.63, 3.8) is 0 Å². The summed E-state index contributed by atoms with van der Waals surface area (Å²) in [5, 5.41) is 7.21. The molecule has 2 N–H and O–H groups in total. The van der Waals surface area contributed by atoms with Crippen molar-refractivity contribution in [2.24, 2.45) is 5.92 Å². The molecule has 0 unspecified atom stereocenters. The van der Waals surface area contributed by atoms with Crippen molar-refractivity contribution in [1.29, 1.82) is 0 Å². The minimum atomic E-state index is -0.363. The van der Waals surface area contributed by atoms with Crippen LogP contribution in [0.5, 0.6) is 0 Å². The normalized spacial score (nSPS) is 11.0. The number of rotatable bonds is 7. The second-order valence-corrected chi connectivity index (χ2v) is 8.35. The summed E-state index contributed by atoms with van der Waals surface area (Å²) in [4.78, 5) is 33.6. The van der Waals surface area contributed by atoms with Gasteiger partial charge in [0.25, 0.3) is 5.91 Å². The number of aromatic nitrogens is 2. The van der Waals surface area contributed by atoms with Gasteiger partial charge in [0, 0.05) is 46.4 Å². The number of hydrogen-bond acceptors (Lipinski definition) is 6. The molecule has 2 aromatic carbocycles. The van der Waals surface area contributed by atoms with Crippen molar-refractivity contribution in [2.45, 2.75) is 24.8 Å². The van der Waals surface area contributed by atoms with Crippen LogP contribution in [0.2, 0.25) is 0 Å². The number of carbonyl (C=O) groups excluding carboxylic acids is 2. The third-order valence-electron chi connectivity index (χ3n) is 4.70. The molecule has 2 amide bonds. The van der Waals surface area contributed by atoms with Crippen LogP contribution in [0.3, 0.4) is 0 Å². The number of thioether (sulfide) groups is 1. The molecule has 0 aliphatic heterocycles. The topological polar surface area (TPSA) is 97.1 Å². The van der Waals surface area contributed by atoms with Gasteiger partial charge in [-0.15, -0.1) is 0 Å². The minimum Gasteiger partial charge on any atom is -0.451 e. The third-order valence-corrected chi connectivity index (χ3v) is 5.61. The van der Waals surface area contributed by atoms with Gasteiger partial charge in [-0.2, -0.15) is 0 Å². The van der Waals surface area contributed by atoms with Crippen LogP contribution in [0.1, 0.15) is 30.0 Å². The van der Waals surface area contributed by atoms with E-state index >= 15 is 0 Å². The van der Waals surface area contributed by atoms with E-state index in [2.05, 4.69) is 20.6 Å². The number of carbonyl (C=O) groups is 2. The molecular formula is C24H22N4O3S. The van der Waals surface area contributed by atoms with Gasteiger partial charge >= 0.3 is 0 Å². The Morgan fingerprint density at radius 1 is 0.969 bits per heavy atom. The zero-order valence-corrected chi connectivity index (χ0v) is 18.5. The fourth-order valence-electron chi connectivity index (χ4n) is 3.07. The molecule has 0 aliphatic rings. The lowest BCUT2D eigenvalue weighted by molar-refractivity contribution is -0.118. The van der Waals surface area contributed by atoms with E-state index in [-0.39, 0.29) is 23.5 Å². The Morgan fingerprint density at radius 2 is 1.69 bits per heavy atom. The van der Waals surface area contributed by atoms with E-state index in [1.165, 1.54) is 11.8 Å². The van der Waals surface area contributed by atoms with Gasteiger partial charge < -0.3 is 15.1 Å². The predicted molar refractivity (Wildman–Crippen MR) is 126 cm³/mol. The highest BCUT2D eigenvalue weighted by molar-refractivity contribution is 7.98. The van der Waals surface area contributed by atoms with Crippen molar-refractivity contribution in [3.8, 4) is 0 Å². The number of fused-ring (bicyclic) bond motifs is 1. The monoisotopic (exact) mass is 446 g/mol. The van der Waals surface area contributed by atoms with Crippen LogP contribution >= 0.6 is 11.8 Å². The Morgan fingerprint density at radius 3 is 2.44 bits per heavy atom. The summed E-state index contributed by atoms with van der Waals surface area (Å²) >= 11 is 1.43. The molecule has 0 saturated heterocycles. The van der Waals surface area contributed by atoms with Crippen LogP contribution in [0.25, 0.3) is 11.0 Å². The number of anilines is 2. The first-order valence-corrected chi connectivity index (χ1v) is 11.1. The number of nitrogens with zero attached hydrogens (tertiary/aromatic N) is 2. The van der Waals surface area contributed by atoms with E-state index in [9.17, 15) is 9.59 Å². The van der Waals surface area contributed by atoms with Crippen molar-refractivity contribution in [3.05, 3.63) is 78.3 Å². The van der Waals surface area contributed by atoms with Gasteiger partial charge in [-0.3, -0.25) is 9.59 Å². The maximum Gasteiger partial charge on any atom is 0.291 e. The highest BCUT2D eigenvalue weighted by Gasteiger charge is 2.21. The molecule has 2 aromatic heterocycles. The second-order valence-electron chi connectivity index (χ2n) is 7.40. The van der Waals surface area contributed by atoms with E-state index in [4.69, 9.17) is 4.42 Å². The lowest BCUT2D eigenvalue weighted by Crippen LogP contribution is -2.18. The molecule has 4 rings (SSSR count).